The molecule has 20 heavy (non-hydrogen) atoms. The van der Waals surface area contributed by atoms with Crippen LogP contribution in [-0.2, 0) is 16.6 Å². The first-order valence-corrected chi connectivity index (χ1v) is 8.10. The van der Waals surface area contributed by atoms with E-state index in [4.69, 9.17) is 11.6 Å². The topological polar surface area (TPSA) is 37.4 Å². The van der Waals surface area contributed by atoms with Crippen LogP contribution in [-0.4, -0.2) is 19.8 Å². The Labute approximate surface area is 124 Å². The molecule has 8 heteroatoms. The second kappa shape index (κ2) is 5.77. The van der Waals surface area contributed by atoms with E-state index in [0.717, 1.165) is 21.3 Å². The number of halogens is 3. The van der Waals surface area contributed by atoms with Gasteiger partial charge in [0.25, 0.3) is 0 Å². The van der Waals surface area contributed by atoms with Crippen LogP contribution in [0.25, 0.3) is 0 Å². The summed E-state index contributed by atoms with van der Waals surface area (Å²) in [7, 11) is -2.69. The molecule has 0 aliphatic rings. The van der Waals surface area contributed by atoms with Crippen molar-refractivity contribution in [2.45, 2.75) is 11.4 Å². The highest BCUT2D eigenvalue weighted by Gasteiger charge is 2.25. The van der Waals surface area contributed by atoms with E-state index in [0.29, 0.717) is 10.4 Å². The molecule has 0 aliphatic heterocycles. The van der Waals surface area contributed by atoms with Crippen molar-refractivity contribution in [1.82, 2.24) is 4.31 Å². The Morgan fingerprint density at radius 3 is 2.50 bits per heavy atom. The molecule has 2 aromatic rings. The zero-order chi connectivity index (χ0) is 14.9. The number of thiophene rings is 1. The monoisotopic (exact) mass is 337 g/mol. The number of sulfonamides is 1. The number of benzene rings is 1. The second-order valence-electron chi connectivity index (χ2n) is 4.04. The molecule has 1 heterocycles. The van der Waals surface area contributed by atoms with Crippen molar-refractivity contribution in [3.63, 3.8) is 0 Å². The molecular weight excluding hydrogens is 328 g/mol. The zero-order valence-corrected chi connectivity index (χ0v) is 12.7. The van der Waals surface area contributed by atoms with E-state index in [-0.39, 0.29) is 6.54 Å². The highest BCUT2D eigenvalue weighted by atomic mass is 35.5. The van der Waals surface area contributed by atoms with Gasteiger partial charge in [-0.15, -0.1) is 11.3 Å². The maximum Gasteiger partial charge on any atom is 0.246 e. The minimum atomic E-state index is -4.02. The lowest BCUT2D eigenvalue weighted by Crippen LogP contribution is -2.27. The summed E-state index contributed by atoms with van der Waals surface area (Å²) >= 11 is 7.01. The first-order chi connectivity index (χ1) is 9.30. The first kappa shape index (κ1) is 15.4. The van der Waals surface area contributed by atoms with E-state index >= 15 is 0 Å². The third-order valence-corrected chi connectivity index (χ3v) is 5.64. The molecule has 0 N–H and O–H groups in total. The molecule has 0 amide bonds. The smallest absolute Gasteiger partial charge is 0.207 e. The van der Waals surface area contributed by atoms with E-state index in [1.165, 1.54) is 18.4 Å². The Morgan fingerprint density at radius 2 is 1.95 bits per heavy atom. The predicted octanol–water partition coefficient (Wildman–Crippen LogP) is 3.50. The third-order valence-electron chi connectivity index (χ3n) is 2.59. The Morgan fingerprint density at radius 1 is 1.25 bits per heavy atom. The second-order valence-corrected chi connectivity index (χ2v) is 7.85. The molecule has 0 bridgehead atoms. The van der Waals surface area contributed by atoms with Gasteiger partial charge in [-0.3, -0.25) is 0 Å². The lowest BCUT2D eigenvalue weighted by molar-refractivity contribution is 0.461. The fraction of sp³-hybridized carbons (Fsp3) is 0.167. The van der Waals surface area contributed by atoms with Crippen molar-refractivity contribution in [3.8, 4) is 0 Å². The van der Waals surface area contributed by atoms with Crippen LogP contribution < -0.4 is 0 Å². The van der Waals surface area contributed by atoms with E-state index in [1.807, 2.05) is 0 Å². The summed E-state index contributed by atoms with van der Waals surface area (Å²) in [5.74, 6) is -1.93. The molecule has 0 fully saturated rings. The van der Waals surface area contributed by atoms with Gasteiger partial charge in [0.15, 0.2) is 0 Å². The van der Waals surface area contributed by atoms with Gasteiger partial charge in [0.1, 0.15) is 16.5 Å². The molecular formula is C12H10ClF2NO2S2. The van der Waals surface area contributed by atoms with Gasteiger partial charge in [0.2, 0.25) is 10.0 Å². The highest BCUT2D eigenvalue weighted by molar-refractivity contribution is 7.89. The van der Waals surface area contributed by atoms with Crippen molar-refractivity contribution in [2.75, 3.05) is 7.05 Å². The number of nitrogens with zero attached hydrogens (tertiary/aromatic N) is 1. The summed E-state index contributed by atoms with van der Waals surface area (Å²) in [6.07, 6.45) is 0. The Balaban J connectivity index is 2.29. The molecule has 0 saturated carbocycles. The summed E-state index contributed by atoms with van der Waals surface area (Å²) in [5, 5.41) is 0. The molecule has 108 valence electrons. The Kier molecular flexibility index (Phi) is 4.43. The van der Waals surface area contributed by atoms with Gasteiger partial charge in [-0.05, 0) is 24.3 Å². The summed E-state index contributed by atoms with van der Waals surface area (Å²) < 4.78 is 52.4. The molecule has 0 saturated heterocycles. The standard InChI is InChI=1S/C12H10ClF2NO2S2/c1-16(7-9-3-5-12(13)19-9)20(17,18)11-4-2-8(14)6-10(11)15/h2-6H,7H2,1H3. The van der Waals surface area contributed by atoms with Crippen LogP contribution >= 0.6 is 22.9 Å². The Hall–Kier alpha value is -1.02. The van der Waals surface area contributed by atoms with Gasteiger partial charge in [-0.25, -0.2) is 17.2 Å². The van der Waals surface area contributed by atoms with Crippen molar-refractivity contribution in [2.24, 2.45) is 0 Å². The summed E-state index contributed by atoms with van der Waals surface area (Å²) in [4.78, 5) is 0.174. The lowest BCUT2D eigenvalue weighted by Gasteiger charge is -2.16. The fourth-order valence-corrected chi connectivity index (χ4v) is 4.01. The van der Waals surface area contributed by atoms with Crippen LogP contribution in [0.2, 0.25) is 4.34 Å². The largest absolute Gasteiger partial charge is 0.246 e. The number of hydrogen-bond acceptors (Lipinski definition) is 3. The van der Waals surface area contributed by atoms with Crippen molar-refractivity contribution in [3.05, 3.63) is 51.2 Å². The molecule has 0 spiro atoms. The van der Waals surface area contributed by atoms with Gasteiger partial charge >= 0.3 is 0 Å². The van der Waals surface area contributed by atoms with Gasteiger partial charge in [-0.1, -0.05) is 11.6 Å². The van der Waals surface area contributed by atoms with E-state index in [1.54, 1.807) is 12.1 Å². The van der Waals surface area contributed by atoms with Crippen LogP contribution in [0.4, 0.5) is 8.78 Å². The van der Waals surface area contributed by atoms with Gasteiger partial charge in [-0.2, -0.15) is 4.31 Å². The lowest BCUT2D eigenvalue weighted by atomic mass is 10.3. The van der Waals surface area contributed by atoms with E-state index < -0.39 is 26.6 Å². The molecule has 0 unspecified atom stereocenters. The molecule has 0 aliphatic carbocycles. The summed E-state index contributed by atoms with van der Waals surface area (Å²) in [6.45, 7) is 0.0660. The first-order valence-electron chi connectivity index (χ1n) is 5.46. The van der Waals surface area contributed by atoms with Crippen LogP contribution in [0.3, 0.4) is 0 Å². The zero-order valence-electron chi connectivity index (χ0n) is 10.3. The van der Waals surface area contributed by atoms with Gasteiger partial charge < -0.3 is 0 Å². The summed E-state index contributed by atoms with van der Waals surface area (Å²) in [6, 6.07) is 5.72. The molecule has 0 atom stereocenters. The molecule has 1 aromatic heterocycles. The van der Waals surface area contributed by atoms with Crippen molar-refractivity contribution in [1.29, 1.82) is 0 Å². The third kappa shape index (κ3) is 3.17. The minimum absolute atomic E-state index is 0.0660. The average Bonchev–Trinajstić information content (AvgIpc) is 2.74. The van der Waals surface area contributed by atoms with Crippen LogP contribution in [0.15, 0.2) is 35.2 Å². The quantitative estimate of drug-likeness (QED) is 0.856. The molecule has 2 rings (SSSR count). The minimum Gasteiger partial charge on any atom is -0.207 e. The molecule has 3 nitrogen and oxygen atoms in total. The number of rotatable bonds is 4. The maximum absolute atomic E-state index is 13.6. The van der Waals surface area contributed by atoms with Crippen LogP contribution in [0.5, 0.6) is 0 Å². The molecule has 0 radical (unpaired) electrons. The van der Waals surface area contributed by atoms with E-state index in [2.05, 4.69) is 0 Å². The van der Waals surface area contributed by atoms with E-state index in [9.17, 15) is 17.2 Å². The fourth-order valence-electron chi connectivity index (χ4n) is 1.59. The normalized spacial score (nSPS) is 12.1. The maximum atomic E-state index is 13.6. The molecule has 1 aromatic carbocycles. The van der Waals surface area contributed by atoms with Crippen LogP contribution in [0, 0.1) is 11.6 Å². The number of hydrogen-bond donors (Lipinski definition) is 0. The van der Waals surface area contributed by atoms with Gasteiger partial charge in [0.05, 0.1) is 4.34 Å². The average molecular weight is 338 g/mol. The predicted molar refractivity (Wildman–Crippen MR) is 74.3 cm³/mol. The van der Waals surface area contributed by atoms with Gasteiger partial charge in [0, 0.05) is 24.5 Å². The van der Waals surface area contributed by atoms with Crippen LogP contribution in [0.1, 0.15) is 4.88 Å². The SMILES string of the molecule is CN(Cc1ccc(Cl)s1)S(=O)(=O)c1ccc(F)cc1F. The highest BCUT2D eigenvalue weighted by Crippen LogP contribution is 2.25. The summed E-state index contributed by atoms with van der Waals surface area (Å²) in [5.41, 5.74) is 0. The van der Waals surface area contributed by atoms with Crippen molar-refractivity contribution >= 4 is 33.0 Å². The Bertz CT molecular complexity index is 731. The van der Waals surface area contributed by atoms with Crippen molar-refractivity contribution < 1.29 is 17.2 Å².